The molecule has 4 nitrogen and oxygen atoms in total. The molecule has 1 unspecified atom stereocenters. The average molecular weight is 232 g/mol. The third-order valence-corrected chi connectivity index (χ3v) is 4.00. The summed E-state index contributed by atoms with van der Waals surface area (Å²) in [5.74, 6) is 0.882. The van der Waals surface area contributed by atoms with E-state index in [9.17, 15) is 0 Å². The molecule has 0 amide bonds. The molecule has 1 atom stereocenters. The second-order valence-electron chi connectivity index (χ2n) is 5.54. The summed E-state index contributed by atoms with van der Waals surface area (Å²) in [7, 11) is 0. The third kappa shape index (κ3) is 2.48. The van der Waals surface area contributed by atoms with Crippen LogP contribution in [0.5, 0.6) is 0 Å². The first-order chi connectivity index (χ1) is 8.26. The highest BCUT2D eigenvalue weighted by Crippen LogP contribution is 2.40. The quantitative estimate of drug-likeness (QED) is 0.846. The molecule has 2 fully saturated rings. The Balaban J connectivity index is 1.64. The smallest absolute Gasteiger partial charge is 0.0771 e. The van der Waals surface area contributed by atoms with Crippen molar-refractivity contribution in [2.75, 3.05) is 19.6 Å². The second kappa shape index (κ2) is 4.35. The Morgan fingerprint density at radius 3 is 3.12 bits per heavy atom. The predicted molar refractivity (Wildman–Crippen MR) is 66.4 cm³/mol. The summed E-state index contributed by atoms with van der Waals surface area (Å²) < 4.78 is 0. The number of nitrogens with zero attached hydrogens (tertiary/aromatic N) is 3. The number of nitrogens with one attached hydrogen (secondary N) is 1. The van der Waals surface area contributed by atoms with Crippen LogP contribution in [0, 0.1) is 5.92 Å². The highest BCUT2D eigenvalue weighted by Gasteiger charge is 2.43. The standard InChI is InChI=1S/C13H20N4/c1-13(11-4-5-11)10-17(8-7-14-13)9-12-3-2-6-15-16-12/h2-3,6,11,14H,4-5,7-10H2,1H3. The zero-order valence-corrected chi connectivity index (χ0v) is 10.4. The van der Waals surface area contributed by atoms with Crippen molar-refractivity contribution < 1.29 is 0 Å². The summed E-state index contributed by atoms with van der Waals surface area (Å²) in [5.41, 5.74) is 1.40. The number of piperazine rings is 1. The van der Waals surface area contributed by atoms with Gasteiger partial charge in [0.15, 0.2) is 0 Å². The maximum absolute atomic E-state index is 4.17. The number of aromatic nitrogens is 2. The zero-order chi connectivity index (χ0) is 11.7. The molecule has 1 N–H and O–H groups in total. The monoisotopic (exact) mass is 232 g/mol. The molecule has 0 radical (unpaired) electrons. The maximum Gasteiger partial charge on any atom is 0.0771 e. The molecule has 0 spiro atoms. The van der Waals surface area contributed by atoms with Gasteiger partial charge >= 0.3 is 0 Å². The molecule has 1 saturated heterocycles. The zero-order valence-electron chi connectivity index (χ0n) is 10.4. The lowest BCUT2D eigenvalue weighted by atomic mass is 9.93. The summed E-state index contributed by atoms with van der Waals surface area (Å²) in [5, 5.41) is 11.8. The molecule has 92 valence electrons. The van der Waals surface area contributed by atoms with Crippen molar-refractivity contribution in [2.24, 2.45) is 5.92 Å². The van der Waals surface area contributed by atoms with Gasteiger partial charge in [-0.15, -0.1) is 0 Å². The van der Waals surface area contributed by atoms with Gasteiger partial charge in [0.1, 0.15) is 0 Å². The van der Waals surface area contributed by atoms with E-state index in [4.69, 9.17) is 0 Å². The lowest BCUT2D eigenvalue weighted by molar-refractivity contribution is 0.120. The van der Waals surface area contributed by atoms with Crippen molar-refractivity contribution in [3.63, 3.8) is 0 Å². The molecule has 1 aromatic heterocycles. The van der Waals surface area contributed by atoms with Crippen molar-refractivity contribution in [3.05, 3.63) is 24.0 Å². The molecule has 4 heteroatoms. The molecule has 0 bridgehead atoms. The summed E-state index contributed by atoms with van der Waals surface area (Å²) in [6.07, 6.45) is 4.51. The van der Waals surface area contributed by atoms with Gasteiger partial charge in [-0.05, 0) is 37.8 Å². The van der Waals surface area contributed by atoms with Crippen LogP contribution < -0.4 is 5.32 Å². The summed E-state index contributed by atoms with van der Waals surface area (Å²) >= 11 is 0. The Morgan fingerprint density at radius 2 is 2.41 bits per heavy atom. The lowest BCUT2D eigenvalue weighted by Gasteiger charge is -2.41. The molecular formula is C13H20N4. The summed E-state index contributed by atoms with van der Waals surface area (Å²) in [6.45, 7) is 6.63. The number of hydrogen-bond donors (Lipinski definition) is 1. The molecule has 2 aliphatic rings. The van der Waals surface area contributed by atoms with E-state index in [0.717, 1.165) is 37.8 Å². The van der Waals surface area contributed by atoms with E-state index in [2.05, 4.69) is 33.4 Å². The molecule has 3 rings (SSSR count). The maximum atomic E-state index is 4.17. The van der Waals surface area contributed by atoms with E-state index >= 15 is 0 Å². The first kappa shape index (κ1) is 11.1. The van der Waals surface area contributed by atoms with E-state index in [0.29, 0.717) is 5.54 Å². The third-order valence-electron chi connectivity index (χ3n) is 4.00. The van der Waals surface area contributed by atoms with Crippen LogP contribution in [-0.2, 0) is 6.54 Å². The molecular weight excluding hydrogens is 212 g/mol. The highest BCUT2D eigenvalue weighted by atomic mass is 15.2. The summed E-state index contributed by atoms with van der Waals surface area (Å²) in [6, 6.07) is 4.02. The van der Waals surface area contributed by atoms with Crippen LogP contribution in [-0.4, -0.2) is 40.3 Å². The van der Waals surface area contributed by atoms with Crippen molar-refractivity contribution in [1.29, 1.82) is 0 Å². The Hall–Kier alpha value is -1.00. The normalized spacial score (nSPS) is 30.4. The van der Waals surface area contributed by atoms with Crippen LogP contribution >= 0.6 is 0 Å². The van der Waals surface area contributed by atoms with E-state index in [1.807, 2.05) is 6.07 Å². The Kier molecular flexibility index (Phi) is 2.84. The van der Waals surface area contributed by atoms with Crippen LogP contribution in [0.2, 0.25) is 0 Å². The van der Waals surface area contributed by atoms with Gasteiger partial charge in [-0.2, -0.15) is 10.2 Å². The van der Waals surface area contributed by atoms with Crippen LogP contribution in [0.3, 0.4) is 0 Å². The minimum absolute atomic E-state index is 0.320. The Labute approximate surface area is 102 Å². The fourth-order valence-corrected chi connectivity index (χ4v) is 2.87. The largest absolute Gasteiger partial charge is 0.309 e. The molecule has 17 heavy (non-hydrogen) atoms. The van der Waals surface area contributed by atoms with Gasteiger partial charge in [0.25, 0.3) is 0 Å². The number of rotatable bonds is 3. The Bertz CT molecular complexity index is 376. The molecule has 1 aliphatic carbocycles. The fourth-order valence-electron chi connectivity index (χ4n) is 2.87. The molecule has 1 saturated carbocycles. The molecule has 1 aromatic rings. The van der Waals surface area contributed by atoms with E-state index < -0.39 is 0 Å². The van der Waals surface area contributed by atoms with Crippen LogP contribution in [0.25, 0.3) is 0 Å². The van der Waals surface area contributed by atoms with Gasteiger partial charge < -0.3 is 5.32 Å². The fraction of sp³-hybridized carbons (Fsp3) is 0.692. The van der Waals surface area contributed by atoms with Gasteiger partial charge in [0.2, 0.25) is 0 Å². The van der Waals surface area contributed by atoms with Gasteiger partial charge in [-0.1, -0.05) is 0 Å². The first-order valence-corrected chi connectivity index (χ1v) is 6.50. The van der Waals surface area contributed by atoms with Crippen molar-refractivity contribution in [2.45, 2.75) is 31.8 Å². The van der Waals surface area contributed by atoms with Gasteiger partial charge in [0, 0.05) is 37.9 Å². The first-order valence-electron chi connectivity index (χ1n) is 6.50. The lowest BCUT2D eigenvalue weighted by Crippen LogP contribution is -2.59. The average Bonchev–Trinajstić information content (AvgIpc) is 3.14. The molecule has 1 aliphatic heterocycles. The van der Waals surface area contributed by atoms with Crippen molar-refractivity contribution >= 4 is 0 Å². The minimum atomic E-state index is 0.320. The van der Waals surface area contributed by atoms with Crippen molar-refractivity contribution in [3.8, 4) is 0 Å². The minimum Gasteiger partial charge on any atom is -0.309 e. The molecule has 2 heterocycles. The van der Waals surface area contributed by atoms with Crippen LogP contribution in [0.15, 0.2) is 18.3 Å². The van der Waals surface area contributed by atoms with Gasteiger partial charge in [-0.25, -0.2) is 0 Å². The SMILES string of the molecule is CC1(C2CC2)CN(Cc2cccnn2)CCN1. The Morgan fingerprint density at radius 1 is 1.53 bits per heavy atom. The molecule has 0 aromatic carbocycles. The van der Waals surface area contributed by atoms with E-state index in [-0.39, 0.29) is 0 Å². The number of hydrogen-bond acceptors (Lipinski definition) is 4. The predicted octanol–water partition coefficient (Wildman–Crippen LogP) is 1.05. The second-order valence-corrected chi connectivity index (χ2v) is 5.54. The van der Waals surface area contributed by atoms with Gasteiger partial charge in [-0.3, -0.25) is 4.90 Å². The van der Waals surface area contributed by atoms with Crippen LogP contribution in [0.4, 0.5) is 0 Å². The van der Waals surface area contributed by atoms with Crippen molar-refractivity contribution in [1.82, 2.24) is 20.4 Å². The topological polar surface area (TPSA) is 41.1 Å². The van der Waals surface area contributed by atoms with E-state index in [1.54, 1.807) is 6.20 Å². The van der Waals surface area contributed by atoms with E-state index in [1.165, 1.54) is 12.8 Å². The summed E-state index contributed by atoms with van der Waals surface area (Å²) in [4.78, 5) is 2.50. The highest BCUT2D eigenvalue weighted by molar-refractivity contribution is 5.04. The van der Waals surface area contributed by atoms with Gasteiger partial charge in [0.05, 0.1) is 5.69 Å². The van der Waals surface area contributed by atoms with Crippen LogP contribution in [0.1, 0.15) is 25.5 Å².